The molecule has 1 N–H and O–H groups in total. The van der Waals surface area contributed by atoms with Crippen LogP contribution in [0, 0.1) is 0 Å². The van der Waals surface area contributed by atoms with Crippen molar-refractivity contribution < 1.29 is 14.3 Å². The summed E-state index contributed by atoms with van der Waals surface area (Å²) in [4.78, 5) is 11.4. The van der Waals surface area contributed by atoms with Gasteiger partial charge in [0.25, 0.3) is 0 Å². The monoisotopic (exact) mass is 239 g/mol. The summed E-state index contributed by atoms with van der Waals surface area (Å²) in [6.45, 7) is 2.04. The zero-order chi connectivity index (χ0) is 12.0. The molecule has 4 nitrogen and oxygen atoms in total. The zero-order valence-electron chi connectivity index (χ0n) is 9.15. The number of hydrogen-bond donors (Lipinski definition) is 1. The molecule has 0 unspecified atom stereocenters. The predicted molar refractivity (Wildman–Crippen MR) is 64.9 cm³/mol. The average Bonchev–Trinajstić information content (AvgIpc) is 2.29. The lowest BCUT2D eigenvalue weighted by Crippen LogP contribution is -2.30. The molecule has 0 heterocycles. The van der Waals surface area contributed by atoms with Crippen LogP contribution in [0.1, 0.15) is 12.5 Å². The fourth-order valence-electron chi connectivity index (χ4n) is 1.10. The summed E-state index contributed by atoms with van der Waals surface area (Å²) in [6, 6.07) is 7.13. The fraction of sp³-hybridized carbons (Fsp3) is 0.273. The van der Waals surface area contributed by atoms with Gasteiger partial charge in [-0.2, -0.15) is 0 Å². The summed E-state index contributed by atoms with van der Waals surface area (Å²) in [7, 11) is 1.57. The van der Waals surface area contributed by atoms with E-state index in [0.717, 1.165) is 0 Å². The molecule has 0 bridgehead atoms. The third kappa shape index (κ3) is 3.51. The number of carbonyl (C=O) groups excluding carboxylic acids is 1. The van der Waals surface area contributed by atoms with Crippen LogP contribution in [0.4, 0.5) is 4.79 Å². The van der Waals surface area contributed by atoms with Gasteiger partial charge in [-0.3, -0.25) is 5.32 Å². The van der Waals surface area contributed by atoms with Crippen LogP contribution in [0.3, 0.4) is 0 Å². The highest BCUT2D eigenvalue weighted by Gasteiger charge is 2.07. The van der Waals surface area contributed by atoms with Crippen molar-refractivity contribution >= 4 is 23.3 Å². The standard InChI is InChI=1S/C11H13NO3S/c1-3-15-11(13)12-10(16)8-5-4-6-9(7-8)14-2/h4-7H,3H2,1-2H3,(H,12,13,16). The third-order valence-corrected chi connectivity index (χ3v) is 2.16. The predicted octanol–water partition coefficient (Wildman–Crippen LogP) is 2.12. The molecule has 0 spiro atoms. The fourth-order valence-corrected chi connectivity index (χ4v) is 1.31. The number of carbonyl (C=O) groups is 1. The molecule has 0 aliphatic carbocycles. The van der Waals surface area contributed by atoms with Crippen LogP contribution in [0.15, 0.2) is 24.3 Å². The van der Waals surface area contributed by atoms with Gasteiger partial charge in [0, 0.05) is 5.56 Å². The van der Waals surface area contributed by atoms with Gasteiger partial charge >= 0.3 is 6.09 Å². The SMILES string of the molecule is CCOC(=O)NC(=S)c1cccc(OC)c1. The number of nitrogens with one attached hydrogen (secondary N) is 1. The molecule has 1 rings (SSSR count). The molecule has 1 amide bonds. The molecule has 0 aliphatic heterocycles. The second kappa shape index (κ2) is 6.07. The van der Waals surface area contributed by atoms with Crippen molar-refractivity contribution in [2.75, 3.05) is 13.7 Å². The lowest BCUT2D eigenvalue weighted by atomic mass is 10.2. The van der Waals surface area contributed by atoms with Crippen molar-refractivity contribution in [3.63, 3.8) is 0 Å². The molecule has 0 saturated heterocycles. The zero-order valence-corrected chi connectivity index (χ0v) is 9.97. The summed E-state index contributed by atoms with van der Waals surface area (Å²) in [5.41, 5.74) is 0.711. The van der Waals surface area contributed by atoms with E-state index in [2.05, 4.69) is 5.32 Å². The van der Waals surface area contributed by atoms with Crippen LogP contribution >= 0.6 is 12.2 Å². The van der Waals surface area contributed by atoms with E-state index in [1.54, 1.807) is 38.3 Å². The number of alkyl carbamates (subject to hydrolysis) is 1. The first-order valence-corrected chi connectivity index (χ1v) is 5.20. The molecule has 0 atom stereocenters. The van der Waals surface area contributed by atoms with E-state index in [-0.39, 0.29) is 0 Å². The molecular formula is C11H13NO3S. The Morgan fingerprint density at radius 3 is 2.88 bits per heavy atom. The van der Waals surface area contributed by atoms with Crippen LogP contribution in [0.25, 0.3) is 0 Å². The Kier molecular flexibility index (Phi) is 4.72. The molecule has 0 aromatic heterocycles. The smallest absolute Gasteiger partial charge is 0.412 e. The molecule has 0 fully saturated rings. The van der Waals surface area contributed by atoms with E-state index in [9.17, 15) is 4.79 Å². The first-order chi connectivity index (χ1) is 7.67. The Bertz CT molecular complexity index is 393. The summed E-state index contributed by atoms with van der Waals surface area (Å²) in [5, 5.41) is 2.46. The maximum atomic E-state index is 11.1. The van der Waals surface area contributed by atoms with Gasteiger partial charge in [0.1, 0.15) is 10.7 Å². The van der Waals surface area contributed by atoms with Crippen molar-refractivity contribution in [3.8, 4) is 5.75 Å². The highest BCUT2D eigenvalue weighted by Crippen LogP contribution is 2.12. The number of amides is 1. The van der Waals surface area contributed by atoms with E-state index in [1.807, 2.05) is 0 Å². The van der Waals surface area contributed by atoms with Crippen LogP contribution in [-0.2, 0) is 4.74 Å². The van der Waals surface area contributed by atoms with Crippen LogP contribution in [0.5, 0.6) is 5.75 Å². The molecule has 0 aliphatic rings. The van der Waals surface area contributed by atoms with Crippen molar-refractivity contribution in [2.45, 2.75) is 6.92 Å². The van der Waals surface area contributed by atoms with Gasteiger partial charge in [-0.05, 0) is 19.1 Å². The molecule has 0 radical (unpaired) electrons. The Labute approximate surface area is 99.6 Å². The van der Waals surface area contributed by atoms with E-state index in [1.165, 1.54) is 0 Å². The highest BCUT2D eigenvalue weighted by atomic mass is 32.1. The van der Waals surface area contributed by atoms with Crippen molar-refractivity contribution in [3.05, 3.63) is 29.8 Å². The molecule has 16 heavy (non-hydrogen) atoms. The van der Waals surface area contributed by atoms with Gasteiger partial charge in [0.15, 0.2) is 0 Å². The van der Waals surface area contributed by atoms with Crippen LogP contribution in [0.2, 0.25) is 0 Å². The minimum atomic E-state index is -0.546. The normalized spacial score (nSPS) is 9.38. The van der Waals surface area contributed by atoms with E-state index in [0.29, 0.717) is 22.9 Å². The minimum absolute atomic E-state index is 0.312. The van der Waals surface area contributed by atoms with E-state index >= 15 is 0 Å². The summed E-state index contributed by atoms with van der Waals surface area (Å²) >= 11 is 5.05. The Morgan fingerprint density at radius 2 is 2.25 bits per heavy atom. The number of methoxy groups -OCH3 is 1. The number of rotatable bonds is 3. The second-order valence-electron chi connectivity index (χ2n) is 2.91. The topological polar surface area (TPSA) is 47.6 Å². The second-order valence-corrected chi connectivity index (χ2v) is 3.31. The largest absolute Gasteiger partial charge is 0.497 e. The maximum Gasteiger partial charge on any atom is 0.412 e. The van der Waals surface area contributed by atoms with E-state index in [4.69, 9.17) is 21.7 Å². The average molecular weight is 239 g/mol. The van der Waals surface area contributed by atoms with Gasteiger partial charge in [-0.1, -0.05) is 24.4 Å². The Morgan fingerprint density at radius 1 is 1.50 bits per heavy atom. The summed E-state index contributed by atoms with van der Waals surface area (Å²) < 4.78 is 9.78. The van der Waals surface area contributed by atoms with Crippen molar-refractivity contribution in [1.29, 1.82) is 0 Å². The molecule has 5 heteroatoms. The number of hydrogen-bond acceptors (Lipinski definition) is 4. The van der Waals surface area contributed by atoms with Gasteiger partial charge < -0.3 is 9.47 Å². The maximum absolute atomic E-state index is 11.1. The Balaban J connectivity index is 2.69. The van der Waals surface area contributed by atoms with Crippen molar-refractivity contribution in [1.82, 2.24) is 5.32 Å². The van der Waals surface area contributed by atoms with Crippen LogP contribution < -0.4 is 10.1 Å². The lowest BCUT2D eigenvalue weighted by molar-refractivity contribution is 0.158. The summed E-state index contributed by atoms with van der Waals surface area (Å²) in [6.07, 6.45) is -0.546. The first-order valence-electron chi connectivity index (χ1n) is 4.79. The number of ether oxygens (including phenoxy) is 2. The molecule has 1 aromatic rings. The number of thiocarbonyl (C=S) groups is 1. The van der Waals surface area contributed by atoms with Crippen LogP contribution in [-0.4, -0.2) is 24.8 Å². The molecule has 86 valence electrons. The lowest BCUT2D eigenvalue weighted by Gasteiger charge is -2.07. The van der Waals surface area contributed by atoms with Crippen molar-refractivity contribution in [2.24, 2.45) is 0 Å². The van der Waals surface area contributed by atoms with Gasteiger partial charge in [-0.25, -0.2) is 4.79 Å². The minimum Gasteiger partial charge on any atom is -0.497 e. The van der Waals surface area contributed by atoms with Gasteiger partial charge in [0.05, 0.1) is 13.7 Å². The van der Waals surface area contributed by atoms with E-state index < -0.39 is 6.09 Å². The quantitative estimate of drug-likeness (QED) is 0.821. The third-order valence-electron chi connectivity index (χ3n) is 1.82. The highest BCUT2D eigenvalue weighted by molar-refractivity contribution is 7.80. The Hall–Kier alpha value is -1.62. The molecular weight excluding hydrogens is 226 g/mol. The number of benzene rings is 1. The summed E-state index contributed by atoms with van der Waals surface area (Å²) in [5.74, 6) is 0.686. The van der Waals surface area contributed by atoms with Gasteiger partial charge in [0.2, 0.25) is 0 Å². The first kappa shape index (κ1) is 12.4. The molecule has 0 saturated carbocycles. The van der Waals surface area contributed by atoms with Gasteiger partial charge in [-0.15, -0.1) is 0 Å². The molecule has 1 aromatic carbocycles.